The Morgan fingerprint density at radius 1 is 0.706 bits per heavy atom. The normalized spacial score (nSPS) is 11.1. The van der Waals surface area contributed by atoms with Gasteiger partial charge in [-0.15, -0.1) is 0 Å². The Hall–Kier alpha value is -6.17. The average molecular weight is 709 g/mol. The van der Waals surface area contributed by atoms with Crippen molar-refractivity contribution in [2.45, 2.75) is 58.5 Å². The van der Waals surface area contributed by atoms with E-state index in [0.29, 0.717) is 38.3 Å². The van der Waals surface area contributed by atoms with Crippen molar-refractivity contribution >= 4 is 37.4 Å². The first-order valence-electron chi connectivity index (χ1n) is 15.5. The third-order valence-electron chi connectivity index (χ3n) is 6.27. The van der Waals surface area contributed by atoms with Crippen molar-refractivity contribution in [1.82, 2.24) is 49.8 Å². The second-order valence-electron chi connectivity index (χ2n) is 11.1. The minimum absolute atomic E-state index is 0.285. The van der Waals surface area contributed by atoms with Crippen LogP contribution in [0, 0.1) is 11.3 Å². The summed E-state index contributed by atoms with van der Waals surface area (Å²) in [7, 11) is 1.26. The number of aromatic amines is 5. The maximum absolute atomic E-state index is 11.0. The number of aromatic nitrogens is 10. The van der Waals surface area contributed by atoms with Crippen molar-refractivity contribution in [2.75, 3.05) is 7.11 Å². The van der Waals surface area contributed by atoms with E-state index in [9.17, 15) is 28.8 Å². The summed E-state index contributed by atoms with van der Waals surface area (Å²) in [5.41, 5.74) is 4.10. The van der Waals surface area contributed by atoms with E-state index in [4.69, 9.17) is 5.11 Å². The topological polar surface area (TPSA) is 275 Å². The van der Waals surface area contributed by atoms with Gasteiger partial charge in [-0.3, -0.25) is 4.79 Å². The van der Waals surface area contributed by atoms with Gasteiger partial charge in [0.05, 0.1) is 38.7 Å². The highest BCUT2D eigenvalue weighted by Gasteiger charge is 2.19. The molecule has 51 heavy (non-hydrogen) atoms. The number of imidazole rings is 5. The highest BCUT2D eigenvalue weighted by molar-refractivity contribution is 5.87. The van der Waals surface area contributed by atoms with Crippen LogP contribution < -0.4 is 0 Å². The van der Waals surface area contributed by atoms with Crippen LogP contribution >= 0.6 is 0 Å². The molecule has 0 saturated carbocycles. The molecule has 5 heterocycles. The molecule has 6 N–H and O–H groups in total. The lowest BCUT2D eigenvalue weighted by Crippen LogP contribution is -2.20. The zero-order valence-electron chi connectivity index (χ0n) is 28.6. The molecule has 5 aromatic heterocycles. The molecule has 0 aliphatic carbocycles. The minimum atomic E-state index is -0.916. The van der Waals surface area contributed by atoms with Gasteiger partial charge in [0.15, 0.2) is 0 Å². The first kappa shape index (κ1) is 42.9. The molecule has 5 aromatic rings. The molecule has 0 bridgehead atoms. The van der Waals surface area contributed by atoms with E-state index < -0.39 is 18.0 Å². The van der Waals surface area contributed by atoms with Crippen LogP contribution in [-0.4, -0.2) is 106 Å². The van der Waals surface area contributed by atoms with Crippen LogP contribution in [0.5, 0.6) is 0 Å². The van der Waals surface area contributed by atoms with Crippen molar-refractivity contribution in [3.63, 3.8) is 0 Å². The summed E-state index contributed by atoms with van der Waals surface area (Å²) in [5, 5.41) is 8.81. The van der Waals surface area contributed by atoms with E-state index in [2.05, 4.69) is 54.6 Å². The van der Waals surface area contributed by atoms with Gasteiger partial charge in [0.1, 0.15) is 43.5 Å². The molecule has 0 radical (unpaired) electrons. The number of carbonyl (C=O) groups excluding carboxylic acids is 6. The van der Waals surface area contributed by atoms with E-state index >= 15 is 0 Å². The summed E-state index contributed by atoms with van der Waals surface area (Å²) in [4.78, 5) is 94.8. The van der Waals surface area contributed by atoms with E-state index in [-0.39, 0.29) is 5.41 Å². The maximum Gasteiger partial charge on any atom is 0.316 e. The van der Waals surface area contributed by atoms with Crippen molar-refractivity contribution < 1.29 is 38.6 Å². The number of hydrogen-bond donors (Lipinski definition) is 6. The van der Waals surface area contributed by atoms with Gasteiger partial charge in [0.2, 0.25) is 0 Å². The van der Waals surface area contributed by atoms with Crippen LogP contribution in [0.1, 0.15) is 48.7 Å². The Morgan fingerprint density at radius 2 is 1.18 bits per heavy atom. The summed E-state index contributed by atoms with van der Waals surface area (Å²) >= 11 is 0. The summed E-state index contributed by atoms with van der Waals surface area (Å²) in [5.74, 6) is -1.27. The van der Waals surface area contributed by atoms with Crippen LogP contribution in [0.4, 0.5) is 0 Å². The number of methoxy groups -OCH3 is 1. The molecular formula is C33H44N10O8. The van der Waals surface area contributed by atoms with Crippen molar-refractivity contribution in [3.8, 4) is 0 Å². The summed E-state index contributed by atoms with van der Waals surface area (Å²) in [6.45, 7) is 3.81. The zero-order chi connectivity index (χ0) is 37.7. The van der Waals surface area contributed by atoms with Crippen molar-refractivity contribution in [2.24, 2.45) is 11.3 Å². The van der Waals surface area contributed by atoms with Crippen LogP contribution in [0.3, 0.4) is 0 Å². The highest BCUT2D eigenvalue weighted by Crippen LogP contribution is 2.16. The summed E-state index contributed by atoms with van der Waals surface area (Å²) in [6.07, 6.45) is 22.0. The van der Waals surface area contributed by atoms with E-state index in [0.717, 1.165) is 60.2 Å². The van der Waals surface area contributed by atoms with Gasteiger partial charge in [-0.1, -0.05) is 13.8 Å². The van der Waals surface area contributed by atoms with Gasteiger partial charge in [0, 0.05) is 97.0 Å². The summed E-state index contributed by atoms with van der Waals surface area (Å²) < 4.78 is 4.45. The van der Waals surface area contributed by atoms with Gasteiger partial charge in [0.25, 0.3) is 0 Å². The molecule has 0 amide bonds. The number of aldehydes is 5. The SMILES string of the molecule is CC(C)(C=O)Cc1cnc[nH]1.COC(=O)[C@H](C=O)Cc1cnc[nH]1.O=CCCc1cnc[nH]1.O=CCc1cnc[nH]1.O=C[C@@H](O)Cc1cnc[nH]1. The Labute approximate surface area is 293 Å². The number of ether oxygens (including phenoxy) is 1. The molecule has 2 atom stereocenters. The van der Waals surface area contributed by atoms with Gasteiger partial charge in [-0.05, 0) is 6.42 Å². The smallest absolute Gasteiger partial charge is 0.316 e. The Balaban J connectivity index is 0.000000322. The quantitative estimate of drug-likeness (QED) is 0.0509. The molecule has 0 saturated heterocycles. The predicted molar refractivity (Wildman–Crippen MR) is 182 cm³/mol. The molecule has 5 rings (SSSR count). The first-order chi connectivity index (χ1) is 24.6. The van der Waals surface area contributed by atoms with E-state index in [1.807, 2.05) is 13.8 Å². The number of nitrogens with zero attached hydrogens (tertiary/aromatic N) is 5. The third-order valence-corrected chi connectivity index (χ3v) is 6.27. The fourth-order valence-corrected chi connectivity index (χ4v) is 3.68. The number of esters is 1. The number of H-pyrrole nitrogens is 5. The number of rotatable bonds is 15. The van der Waals surface area contributed by atoms with Gasteiger partial charge >= 0.3 is 5.97 Å². The number of carbonyl (C=O) groups is 6. The molecule has 18 nitrogen and oxygen atoms in total. The van der Waals surface area contributed by atoms with E-state index in [1.54, 1.807) is 50.0 Å². The van der Waals surface area contributed by atoms with Crippen LogP contribution in [0.15, 0.2) is 62.6 Å². The number of aryl methyl sites for hydroxylation is 1. The minimum Gasteiger partial charge on any atom is -0.468 e. The predicted octanol–water partition coefficient (Wildman–Crippen LogP) is 1.32. The summed E-state index contributed by atoms with van der Waals surface area (Å²) in [6, 6.07) is 0. The largest absolute Gasteiger partial charge is 0.468 e. The van der Waals surface area contributed by atoms with Gasteiger partial charge < -0.3 is 58.7 Å². The standard InChI is InChI=1S/C8H10N2O3.C8H12N2O.C6H8N2O2.C6H8N2O.C5H6N2O/c1-13-8(12)6(4-11)2-7-3-9-5-10-7;1-8(2,5-11)3-7-4-9-6-10-7;9-3-6(10)1-5-2-7-4-8-5;9-3-1-2-6-4-7-5-8-6;8-2-1-5-3-6-4-7-5/h3-6H,2H2,1H3,(H,9,10);4-6H,3H2,1-2H3,(H,9,10);2-4,6,10H,1H2,(H,7,8);3-5H,1-2H2,(H,7,8);2-4H,1H2,(H,6,7)/t6-;;6-;;/m0.0../s1. The van der Waals surface area contributed by atoms with Crippen LogP contribution in [0.2, 0.25) is 0 Å². The maximum atomic E-state index is 11.0. The lowest BCUT2D eigenvalue weighted by atomic mass is 9.90. The molecule has 0 aliphatic heterocycles. The lowest BCUT2D eigenvalue weighted by molar-refractivity contribution is -0.146. The third kappa shape index (κ3) is 20.1. The van der Waals surface area contributed by atoms with Crippen molar-refractivity contribution in [1.29, 1.82) is 0 Å². The fraction of sp³-hybridized carbons (Fsp3) is 0.364. The zero-order valence-corrected chi connectivity index (χ0v) is 28.6. The van der Waals surface area contributed by atoms with Gasteiger partial charge in [-0.25, -0.2) is 24.9 Å². The number of aliphatic hydroxyl groups is 1. The fourth-order valence-electron chi connectivity index (χ4n) is 3.68. The molecule has 0 fully saturated rings. The monoisotopic (exact) mass is 708 g/mol. The van der Waals surface area contributed by atoms with E-state index in [1.165, 1.54) is 19.8 Å². The average Bonchev–Trinajstić information content (AvgIpc) is 3.98. The molecule has 0 aliphatic rings. The molecular weight excluding hydrogens is 664 g/mol. The Morgan fingerprint density at radius 3 is 1.57 bits per heavy atom. The number of aliphatic hydroxyl groups excluding tert-OH is 1. The molecule has 0 unspecified atom stereocenters. The Kier molecular flexibility index (Phi) is 21.7. The van der Waals surface area contributed by atoms with Crippen LogP contribution in [0.25, 0.3) is 0 Å². The second-order valence-corrected chi connectivity index (χ2v) is 11.1. The second kappa shape index (κ2) is 25.8. The number of hydrogen-bond acceptors (Lipinski definition) is 13. The first-order valence-corrected chi connectivity index (χ1v) is 15.5. The van der Waals surface area contributed by atoms with Crippen molar-refractivity contribution in [3.05, 3.63) is 91.1 Å². The molecule has 274 valence electrons. The molecule has 0 aromatic carbocycles. The highest BCUT2D eigenvalue weighted by atomic mass is 16.5. The van der Waals surface area contributed by atoms with Crippen LogP contribution in [-0.2, 0) is 65.6 Å². The lowest BCUT2D eigenvalue weighted by Gasteiger charge is -2.14. The van der Waals surface area contributed by atoms with Gasteiger partial charge in [-0.2, -0.15) is 0 Å². The number of nitrogens with one attached hydrogen (secondary N) is 5. The molecule has 0 spiro atoms. The Bertz CT molecular complexity index is 1590. The molecule has 18 heteroatoms.